The van der Waals surface area contributed by atoms with E-state index in [-0.39, 0.29) is 0 Å². The molecular weight excluding hydrogens is 200 g/mol. The van der Waals surface area contributed by atoms with Gasteiger partial charge in [-0.1, -0.05) is 13.3 Å². The second-order valence-corrected chi connectivity index (χ2v) is 4.69. The van der Waals surface area contributed by atoms with E-state index in [4.69, 9.17) is 0 Å². The SMILES string of the molecule is CCc1nc(CC2CCCCNC2)n(C)n1. The van der Waals surface area contributed by atoms with Crippen LogP contribution in [0.25, 0.3) is 0 Å². The minimum absolute atomic E-state index is 0.732. The maximum Gasteiger partial charge on any atom is 0.150 e. The molecule has 4 nitrogen and oxygen atoms in total. The predicted molar refractivity (Wildman–Crippen MR) is 64.3 cm³/mol. The molecule has 0 aromatic carbocycles. The molecule has 0 bridgehead atoms. The highest BCUT2D eigenvalue weighted by Crippen LogP contribution is 2.15. The summed E-state index contributed by atoms with van der Waals surface area (Å²) in [5.41, 5.74) is 0. The normalized spacial score (nSPS) is 22.0. The molecular formula is C12H22N4. The predicted octanol–water partition coefficient (Wildman–Crippen LogP) is 1.31. The molecule has 1 aliphatic rings. The Morgan fingerprint density at radius 2 is 2.31 bits per heavy atom. The number of nitrogens with zero attached hydrogens (tertiary/aromatic N) is 3. The summed E-state index contributed by atoms with van der Waals surface area (Å²) in [6, 6.07) is 0. The molecule has 1 unspecified atom stereocenters. The third-order valence-corrected chi connectivity index (χ3v) is 3.33. The summed E-state index contributed by atoms with van der Waals surface area (Å²) in [6.45, 7) is 4.41. The van der Waals surface area contributed by atoms with Crippen molar-refractivity contribution in [1.29, 1.82) is 0 Å². The van der Waals surface area contributed by atoms with Crippen LogP contribution in [0, 0.1) is 5.92 Å². The molecule has 0 radical (unpaired) electrons. The Balaban J connectivity index is 1.98. The van der Waals surface area contributed by atoms with E-state index < -0.39 is 0 Å². The van der Waals surface area contributed by atoms with Gasteiger partial charge in [0.2, 0.25) is 0 Å². The standard InChI is InChI=1S/C12H22N4/c1-3-11-14-12(16(2)15-11)8-10-6-4-5-7-13-9-10/h10,13H,3-9H2,1-2H3. The zero-order chi connectivity index (χ0) is 11.4. The van der Waals surface area contributed by atoms with E-state index >= 15 is 0 Å². The molecule has 0 saturated carbocycles. The van der Waals surface area contributed by atoms with E-state index in [0.29, 0.717) is 0 Å². The Bertz CT molecular complexity index is 324. The van der Waals surface area contributed by atoms with Crippen molar-refractivity contribution in [2.24, 2.45) is 13.0 Å². The van der Waals surface area contributed by atoms with Crippen LogP contribution in [0.1, 0.15) is 37.8 Å². The van der Waals surface area contributed by atoms with Gasteiger partial charge >= 0.3 is 0 Å². The van der Waals surface area contributed by atoms with Crippen molar-refractivity contribution in [2.45, 2.75) is 39.0 Å². The molecule has 1 aromatic heterocycles. The molecule has 90 valence electrons. The van der Waals surface area contributed by atoms with Gasteiger partial charge in [0, 0.05) is 19.9 Å². The summed E-state index contributed by atoms with van der Waals surface area (Å²) in [6.07, 6.45) is 5.97. The number of nitrogens with one attached hydrogen (secondary N) is 1. The summed E-state index contributed by atoms with van der Waals surface area (Å²) >= 11 is 0. The van der Waals surface area contributed by atoms with Gasteiger partial charge in [-0.3, -0.25) is 4.68 Å². The van der Waals surface area contributed by atoms with Crippen LogP contribution in [0.5, 0.6) is 0 Å². The quantitative estimate of drug-likeness (QED) is 0.838. The average molecular weight is 222 g/mol. The zero-order valence-electron chi connectivity index (χ0n) is 10.4. The van der Waals surface area contributed by atoms with Crippen molar-refractivity contribution in [3.05, 3.63) is 11.6 Å². The number of hydrogen-bond acceptors (Lipinski definition) is 3. The van der Waals surface area contributed by atoms with Crippen LogP contribution in [-0.2, 0) is 19.9 Å². The first-order valence-electron chi connectivity index (χ1n) is 6.39. The number of aryl methyl sites for hydroxylation is 2. The van der Waals surface area contributed by atoms with E-state index in [0.717, 1.165) is 37.0 Å². The van der Waals surface area contributed by atoms with Crippen LogP contribution in [0.4, 0.5) is 0 Å². The van der Waals surface area contributed by atoms with Crippen molar-refractivity contribution in [2.75, 3.05) is 13.1 Å². The first kappa shape index (κ1) is 11.6. The highest BCUT2D eigenvalue weighted by atomic mass is 15.3. The second-order valence-electron chi connectivity index (χ2n) is 4.69. The maximum absolute atomic E-state index is 4.58. The van der Waals surface area contributed by atoms with Crippen LogP contribution >= 0.6 is 0 Å². The van der Waals surface area contributed by atoms with Gasteiger partial charge < -0.3 is 5.32 Å². The van der Waals surface area contributed by atoms with E-state index in [1.165, 1.54) is 25.8 Å². The van der Waals surface area contributed by atoms with Crippen molar-refractivity contribution < 1.29 is 0 Å². The fraction of sp³-hybridized carbons (Fsp3) is 0.833. The van der Waals surface area contributed by atoms with Crippen molar-refractivity contribution in [1.82, 2.24) is 20.1 Å². The first-order chi connectivity index (χ1) is 7.79. The smallest absolute Gasteiger partial charge is 0.150 e. The van der Waals surface area contributed by atoms with Gasteiger partial charge in [-0.05, 0) is 31.8 Å². The minimum atomic E-state index is 0.732. The lowest BCUT2D eigenvalue weighted by Crippen LogP contribution is -2.23. The number of hydrogen-bond donors (Lipinski definition) is 1. The first-order valence-corrected chi connectivity index (χ1v) is 6.39. The van der Waals surface area contributed by atoms with E-state index in [1.807, 2.05) is 11.7 Å². The highest BCUT2D eigenvalue weighted by molar-refractivity contribution is 4.94. The van der Waals surface area contributed by atoms with Crippen molar-refractivity contribution in [3.8, 4) is 0 Å². The zero-order valence-corrected chi connectivity index (χ0v) is 10.4. The maximum atomic E-state index is 4.58. The van der Waals surface area contributed by atoms with Gasteiger partial charge in [0.15, 0.2) is 5.82 Å². The molecule has 2 heterocycles. The summed E-state index contributed by atoms with van der Waals surface area (Å²) in [7, 11) is 2.01. The van der Waals surface area contributed by atoms with Gasteiger partial charge in [0.05, 0.1) is 0 Å². The molecule has 1 N–H and O–H groups in total. The lowest BCUT2D eigenvalue weighted by atomic mass is 9.99. The fourth-order valence-electron chi connectivity index (χ4n) is 2.33. The van der Waals surface area contributed by atoms with Crippen LogP contribution in [0.15, 0.2) is 0 Å². The van der Waals surface area contributed by atoms with Gasteiger partial charge in [-0.15, -0.1) is 0 Å². The summed E-state index contributed by atoms with van der Waals surface area (Å²) in [4.78, 5) is 4.58. The molecule has 16 heavy (non-hydrogen) atoms. The summed E-state index contributed by atoms with van der Waals surface area (Å²) in [5, 5.41) is 7.90. The summed E-state index contributed by atoms with van der Waals surface area (Å²) < 4.78 is 1.95. The van der Waals surface area contributed by atoms with Gasteiger partial charge in [0.1, 0.15) is 5.82 Å². The lowest BCUT2D eigenvalue weighted by molar-refractivity contribution is 0.457. The monoisotopic (exact) mass is 222 g/mol. The van der Waals surface area contributed by atoms with Crippen LogP contribution in [-0.4, -0.2) is 27.9 Å². The molecule has 1 aromatic rings. The Labute approximate surface area is 97.5 Å². The highest BCUT2D eigenvalue weighted by Gasteiger charge is 2.15. The van der Waals surface area contributed by atoms with E-state index in [1.54, 1.807) is 0 Å². The molecule has 0 spiro atoms. The molecule has 0 aliphatic carbocycles. The number of aromatic nitrogens is 3. The topological polar surface area (TPSA) is 42.7 Å². The Hall–Kier alpha value is -0.900. The van der Waals surface area contributed by atoms with Crippen LogP contribution in [0.2, 0.25) is 0 Å². The van der Waals surface area contributed by atoms with Gasteiger partial charge in [-0.2, -0.15) is 5.10 Å². The molecule has 1 aliphatic heterocycles. The van der Waals surface area contributed by atoms with Crippen LogP contribution < -0.4 is 5.32 Å². The third-order valence-electron chi connectivity index (χ3n) is 3.33. The largest absolute Gasteiger partial charge is 0.316 e. The van der Waals surface area contributed by atoms with Crippen molar-refractivity contribution >= 4 is 0 Å². The molecule has 1 saturated heterocycles. The second kappa shape index (κ2) is 5.43. The summed E-state index contributed by atoms with van der Waals surface area (Å²) in [5.74, 6) is 2.85. The molecule has 0 amide bonds. The van der Waals surface area contributed by atoms with E-state index in [2.05, 4.69) is 22.3 Å². The Morgan fingerprint density at radius 3 is 3.06 bits per heavy atom. The number of rotatable bonds is 3. The molecule has 1 atom stereocenters. The average Bonchev–Trinajstić information content (AvgIpc) is 2.51. The Kier molecular flexibility index (Phi) is 3.93. The van der Waals surface area contributed by atoms with Gasteiger partial charge in [0.25, 0.3) is 0 Å². The van der Waals surface area contributed by atoms with Gasteiger partial charge in [-0.25, -0.2) is 4.98 Å². The van der Waals surface area contributed by atoms with Crippen LogP contribution in [0.3, 0.4) is 0 Å². The molecule has 4 heteroatoms. The van der Waals surface area contributed by atoms with Crippen molar-refractivity contribution in [3.63, 3.8) is 0 Å². The molecule has 1 fully saturated rings. The fourth-order valence-corrected chi connectivity index (χ4v) is 2.33. The third kappa shape index (κ3) is 2.82. The minimum Gasteiger partial charge on any atom is -0.316 e. The molecule has 2 rings (SSSR count). The Morgan fingerprint density at radius 1 is 1.44 bits per heavy atom. The lowest BCUT2D eigenvalue weighted by Gasteiger charge is -2.12. The van der Waals surface area contributed by atoms with E-state index in [9.17, 15) is 0 Å².